The number of ketones is 1. The quantitative estimate of drug-likeness (QED) is 0.676. The van der Waals surface area contributed by atoms with E-state index in [1.54, 1.807) is 19.1 Å². The molecule has 0 bridgehead atoms. The second-order valence-electron chi connectivity index (χ2n) is 6.07. The maximum absolute atomic E-state index is 12.9. The van der Waals surface area contributed by atoms with E-state index in [9.17, 15) is 22.4 Å². The van der Waals surface area contributed by atoms with Crippen molar-refractivity contribution in [3.05, 3.63) is 65.5 Å². The maximum atomic E-state index is 12.9. The standard InChI is InChI=1S/C19H21FN2O4S/c1-13(15-6-8-17(20)9-7-15)22-19(24)10-11-21-27(25,26)18-5-3-4-16(12-18)14(2)23/h3-9,12-13,21H,10-11H2,1-2H3,(H,22,24)/t13-/m0/s1. The first-order valence-corrected chi connectivity index (χ1v) is 9.83. The van der Waals surface area contributed by atoms with Crippen molar-refractivity contribution >= 4 is 21.7 Å². The number of benzene rings is 2. The molecule has 27 heavy (non-hydrogen) atoms. The van der Waals surface area contributed by atoms with Crippen LogP contribution in [-0.2, 0) is 14.8 Å². The van der Waals surface area contributed by atoms with Gasteiger partial charge in [-0.3, -0.25) is 9.59 Å². The Morgan fingerprint density at radius 1 is 1.11 bits per heavy atom. The molecule has 8 heteroatoms. The predicted molar refractivity (Wildman–Crippen MR) is 99.2 cm³/mol. The molecule has 0 heterocycles. The molecule has 2 rings (SSSR count). The number of amides is 1. The lowest BCUT2D eigenvalue weighted by Gasteiger charge is -2.14. The zero-order valence-electron chi connectivity index (χ0n) is 15.0. The number of carbonyl (C=O) groups is 2. The Morgan fingerprint density at radius 3 is 2.41 bits per heavy atom. The molecular weight excluding hydrogens is 371 g/mol. The lowest BCUT2D eigenvalue weighted by Crippen LogP contribution is -2.32. The van der Waals surface area contributed by atoms with Crippen molar-refractivity contribution in [2.45, 2.75) is 31.2 Å². The largest absolute Gasteiger partial charge is 0.350 e. The van der Waals surface area contributed by atoms with Gasteiger partial charge in [0.25, 0.3) is 0 Å². The van der Waals surface area contributed by atoms with E-state index in [4.69, 9.17) is 0 Å². The van der Waals surface area contributed by atoms with Crippen molar-refractivity contribution in [1.82, 2.24) is 10.0 Å². The molecule has 6 nitrogen and oxygen atoms in total. The zero-order chi connectivity index (χ0) is 20.0. The molecule has 0 unspecified atom stereocenters. The molecule has 1 amide bonds. The summed E-state index contributed by atoms with van der Waals surface area (Å²) in [6.07, 6.45) is -0.0584. The smallest absolute Gasteiger partial charge is 0.240 e. The first-order valence-electron chi connectivity index (χ1n) is 8.34. The van der Waals surface area contributed by atoms with Gasteiger partial charge in [-0.05, 0) is 43.7 Å². The molecule has 0 aromatic heterocycles. The van der Waals surface area contributed by atoms with Crippen LogP contribution in [0.3, 0.4) is 0 Å². The number of carbonyl (C=O) groups excluding carboxylic acids is 2. The van der Waals surface area contributed by atoms with Gasteiger partial charge in [0.15, 0.2) is 5.78 Å². The van der Waals surface area contributed by atoms with E-state index < -0.39 is 10.0 Å². The zero-order valence-corrected chi connectivity index (χ0v) is 15.8. The minimum absolute atomic E-state index is 0.0321. The summed E-state index contributed by atoms with van der Waals surface area (Å²) in [5.74, 6) is -0.936. The SMILES string of the molecule is CC(=O)c1cccc(S(=O)(=O)NCCC(=O)N[C@@H](C)c2ccc(F)cc2)c1. The van der Waals surface area contributed by atoms with E-state index in [1.165, 1.54) is 43.3 Å². The van der Waals surface area contributed by atoms with Gasteiger partial charge in [0.2, 0.25) is 15.9 Å². The first-order chi connectivity index (χ1) is 12.7. The molecule has 2 N–H and O–H groups in total. The Bertz CT molecular complexity index is 927. The molecule has 0 saturated carbocycles. The van der Waals surface area contributed by atoms with Gasteiger partial charge >= 0.3 is 0 Å². The van der Waals surface area contributed by atoms with E-state index in [0.29, 0.717) is 5.56 Å². The summed E-state index contributed by atoms with van der Waals surface area (Å²) in [4.78, 5) is 23.3. The molecular formula is C19H21FN2O4S. The summed E-state index contributed by atoms with van der Waals surface area (Å²) in [6, 6.07) is 11.1. The van der Waals surface area contributed by atoms with Crippen molar-refractivity contribution in [2.24, 2.45) is 0 Å². The minimum atomic E-state index is -3.82. The Labute approximate surface area is 157 Å². The van der Waals surface area contributed by atoms with Crippen molar-refractivity contribution in [3.63, 3.8) is 0 Å². The molecule has 0 radical (unpaired) electrons. The van der Waals surface area contributed by atoms with Crippen LogP contribution < -0.4 is 10.0 Å². The molecule has 0 fully saturated rings. The molecule has 2 aromatic rings. The lowest BCUT2D eigenvalue weighted by molar-refractivity contribution is -0.121. The first kappa shape index (κ1) is 20.7. The van der Waals surface area contributed by atoms with Crippen molar-refractivity contribution in [2.75, 3.05) is 6.54 Å². The summed E-state index contributed by atoms with van der Waals surface area (Å²) in [7, 11) is -3.82. The molecule has 2 aromatic carbocycles. The second-order valence-corrected chi connectivity index (χ2v) is 7.84. The van der Waals surface area contributed by atoms with Gasteiger partial charge in [-0.25, -0.2) is 17.5 Å². The minimum Gasteiger partial charge on any atom is -0.350 e. The van der Waals surface area contributed by atoms with Gasteiger partial charge in [0.1, 0.15) is 5.82 Å². The highest BCUT2D eigenvalue weighted by molar-refractivity contribution is 7.89. The van der Waals surface area contributed by atoms with Crippen LogP contribution in [0.2, 0.25) is 0 Å². The van der Waals surface area contributed by atoms with Gasteiger partial charge in [0.05, 0.1) is 10.9 Å². The number of hydrogen-bond acceptors (Lipinski definition) is 4. The van der Waals surface area contributed by atoms with E-state index in [2.05, 4.69) is 10.0 Å². The third-order valence-electron chi connectivity index (χ3n) is 3.94. The molecule has 0 saturated heterocycles. The third-order valence-corrected chi connectivity index (χ3v) is 5.40. The fraction of sp³-hybridized carbons (Fsp3) is 0.263. The number of sulfonamides is 1. The van der Waals surface area contributed by atoms with Crippen LogP contribution in [-0.4, -0.2) is 26.7 Å². The van der Waals surface area contributed by atoms with Gasteiger partial charge < -0.3 is 5.32 Å². The van der Waals surface area contributed by atoms with Crippen LogP contribution in [0, 0.1) is 5.82 Å². The van der Waals surface area contributed by atoms with Crippen LogP contribution in [0.5, 0.6) is 0 Å². The van der Waals surface area contributed by atoms with Crippen molar-refractivity contribution < 1.29 is 22.4 Å². The van der Waals surface area contributed by atoms with E-state index in [0.717, 1.165) is 5.56 Å². The molecule has 0 spiro atoms. The van der Waals surface area contributed by atoms with Gasteiger partial charge in [-0.1, -0.05) is 24.3 Å². The molecule has 0 aliphatic heterocycles. The lowest BCUT2D eigenvalue weighted by atomic mass is 10.1. The highest BCUT2D eigenvalue weighted by Gasteiger charge is 2.16. The molecule has 1 atom stereocenters. The summed E-state index contributed by atoms with van der Waals surface area (Å²) in [5, 5.41) is 2.72. The predicted octanol–water partition coefficient (Wildman–Crippen LogP) is 2.57. The second kappa shape index (κ2) is 8.88. The number of nitrogens with one attached hydrogen (secondary N) is 2. The number of hydrogen-bond donors (Lipinski definition) is 2. The Hall–Kier alpha value is -2.58. The molecule has 144 valence electrons. The Morgan fingerprint density at radius 2 is 1.78 bits per heavy atom. The van der Waals surface area contributed by atoms with Crippen molar-refractivity contribution in [1.29, 1.82) is 0 Å². The number of halogens is 1. The summed E-state index contributed by atoms with van der Waals surface area (Å²) >= 11 is 0. The summed E-state index contributed by atoms with van der Waals surface area (Å²) in [5.41, 5.74) is 1.04. The fourth-order valence-electron chi connectivity index (χ4n) is 2.41. The van der Waals surface area contributed by atoms with Crippen LogP contribution in [0.4, 0.5) is 4.39 Å². The van der Waals surface area contributed by atoms with E-state index in [1.807, 2.05) is 0 Å². The number of Topliss-reactive ketones (excluding diaryl/α,β-unsaturated/α-hetero) is 1. The third kappa shape index (κ3) is 5.97. The summed E-state index contributed by atoms with van der Waals surface area (Å²) < 4.78 is 39.8. The van der Waals surface area contributed by atoms with Crippen LogP contribution >= 0.6 is 0 Å². The van der Waals surface area contributed by atoms with Gasteiger partial charge in [-0.15, -0.1) is 0 Å². The van der Waals surface area contributed by atoms with Gasteiger partial charge in [-0.2, -0.15) is 0 Å². The molecule has 0 aliphatic carbocycles. The van der Waals surface area contributed by atoms with E-state index in [-0.39, 0.29) is 41.4 Å². The van der Waals surface area contributed by atoms with Gasteiger partial charge in [0, 0.05) is 18.5 Å². The highest BCUT2D eigenvalue weighted by atomic mass is 32.2. The van der Waals surface area contributed by atoms with E-state index >= 15 is 0 Å². The maximum Gasteiger partial charge on any atom is 0.240 e. The topological polar surface area (TPSA) is 92.3 Å². The summed E-state index contributed by atoms with van der Waals surface area (Å²) in [6.45, 7) is 3.02. The van der Waals surface area contributed by atoms with Crippen LogP contribution in [0.15, 0.2) is 53.4 Å². The van der Waals surface area contributed by atoms with Crippen LogP contribution in [0.1, 0.15) is 42.2 Å². The number of rotatable bonds is 8. The average Bonchev–Trinajstić information content (AvgIpc) is 2.62. The fourth-order valence-corrected chi connectivity index (χ4v) is 3.49. The highest BCUT2D eigenvalue weighted by Crippen LogP contribution is 2.14. The Kier molecular flexibility index (Phi) is 6.81. The normalized spacial score (nSPS) is 12.4. The average molecular weight is 392 g/mol. The monoisotopic (exact) mass is 392 g/mol. The van der Waals surface area contributed by atoms with Crippen LogP contribution in [0.25, 0.3) is 0 Å². The van der Waals surface area contributed by atoms with Crippen molar-refractivity contribution in [3.8, 4) is 0 Å². The molecule has 0 aliphatic rings. The Balaban J connectivity index is 1.89.